The lowest BCUT2D eigenvalue weighted by atomic mass is 10.1. The van der Waals surface area contributed by atoms with Gasteiger partial charge in [-0.25, -0.2) is 4.39 Å². The molecule has 21 heavy (non-hydrogen) atoms. The molecule has 0 aliphatic rings. The van der Waals surface area contributed by atoms with Crippen LogP contribution in [0, 0.1) is 15.9 Å². The third-order valence-corrected chi connectivity index (χ3v) is 3.73. The first-order chi connectivity index (χ1) is 9.94. The van der Waals surface area contributed by atoms with Crippen molar-refractivity contribution >= 4 is 29.0 Å². The number of nitrogens with zero attached hydrogens (tertiary/aromatic N) is 1. The summed E-state index contributed by atoms with van der Waals surface area (Å²) >= 11 is 1.57. The van der Waals surface area contributed by atoms with Crippen molar-refractivity contribution in [2.24, 2.45) is 0 Å². The summed E-state index contributed by atoms with van der Waals surface area (Å²) in [7, 11) is 1.48. The van der Waals surface area contributed by atoms with Gasteiger partial charge in [-0.15, -0.1) is 0 Å². The van der Waals surface area contributed by atoms with Gasteiger partial charge >= 0.3 is 0 Å². The Kier molecular flexibility index (Phi) is 6.41. The molecule has 8 heteroatoms. The van der Waals surface area contributed by atoms with Gasteiger partial charge < -0.3 is 10.6 Å². The largest absolute Gasteiger partial charge is 0.386 e. The van der Waals surface area contributed by atoms with Crippen molar-refractivity contribution in [1.29, 1.82) is 0 Å². The van der Waals surface area contributed by atoms with Gasteiger partial charge in [-0.05, 0) is 18.7 Å². The smallest absolute Gasteiger partial charge is 0.285 e. The van der Waals surface area contributed by atoms with Crippen LogP contribution in [-0.2, 0) is 0 Å². The molecule has 1 rings (SSSR count). The van der Waals surface area contributed by atoms with Crippen LogP contribution in [-0.4, -0.2) is 35.9 Å². The summed E-state index contributed by atoms with van der Waals surface area (Å²) in [5, 5.41) is 16.3. The van der Waals surface area contributed by atoms with Crippen LogP contribution in [0.3, 0.4) is 0 Å². The lowest BCUT2D eigenvalue weighted by Crippen LogP contribution is -2.36. The van der Waals surface area contributed by atoms with E-state index >= 15 is 0 Å². The van der Waals surface area contributed by atoms with Gasteiger partial charge in [0, 0.05) is 18.8 Å². The number of hydrogen-bond donors (Lipinski definition) is 2. The molecular formula is C13H18FN3O3S. The number of nitrogens with one attached hydrogen (secondary N) is 2. The third-order valence-electron chi connectivity index (χ3n) is 2.99. The van der Waals surface area contributed by atoms with Gasteiger partial charge in [0.1, 0.15) is 5.56 Å². The number of carbonyl (C=O) groups is 1. The molecule has 1 aromatic carbocycles. The van der Waals surface area contributed by atoms with Gasteiger partial charge in [0.25, 0.3) is 11.6 Å². The fraction of sp³-hybridized carbons (Fsp3) is 0.462. The topological polar surface area (TPSA) is 84.3 Å². The summed E-state index contributed by atoms with van der Waals surface area (Å²) in [4.78, 5) is 22.5. The van der Waals surface area contributed by atoms with Gasteiger partial charge in [-0.1, -0.05) is 6.92 Å². The van der Waals surface area contributed by atoms with E-state index in [0.29, 0.717) is 12.2 Å². The highest BCUT2D eigenvalue weighted by Crippen LogP contribution is 2.26. The van der Waals surface area contributed by atoms with E-state index in [4.69, 9.17) is 0 Å². The second-order valence-electron chi connectivity index (χ2n) is 4.39. The van der Waals surface area contributed by atoms with Crippen molar-refractivity contribution in [3.05, 3.63) is 33.6 Å². The molecule has 0 bridgehead atoms. The Labute approximate surface area is 126 Å². The van der Waals surface area contributed by atoms with Crippen LogP contribution in [0.2, 0.25) is 0 Å². The number of amides is 1. The first kappa shape index (κ1) is 17.2. The maximum atomic E-state index is 13.6. The zero-order valence-electron chi connectivity index (χ0n) is 12.1. The van der Waals surface area contributed by atoms with Crippen LogP contribution < -0.4 is 10.6 Å². The third kappa shape index (κ3) is 4.32. The number of nitro benzene ring substituents is 1. The number of benzene rings is 1. The molecule has 1 atom stereocenters. The quantitative estimate of drug-likeness (QED) is 0.597. The second kappa shape index (κ2) is 7.82. The summed E-state index contributed by atoms with van der Waals surface area (Å²) in [5.74, 6) is -0.633. The van der Waals surface area contributed by atoms with E-state index in [1.807, 2.05) is 13.2 Å². The van der Waals surface area contributed by atoms with Crippen molar-refractivity contribution in [3.8, 4) is 0 Å². The van der Waals surface area contributed by atoms with E-state index in [2.05, 4.69) is 10.6 Å². The van der Waals surface area contributed by atoms with Gasteiger partial charge in [-0.3, -0.25) is 14.9 Å². The number of anilines is 1. The average Bonchev–Trinajstić information content (AvgIpc) is 2.46. The molecule has 1 amide bonds. The van der Waals surface area contributed by atoms with Crippen LogP contribution in [0.1, 0.15) is 23.7 Å². The lowest BCUT2D eigenvalue weighted by molar-refractivity contribution is -0.385. The van der Waals surface area contributed by atoms with E-state index in [0.717, 1.165) is 12.1 Å². The molecule has 0 fully saturated rings. The van der Waals surface area contributed by atoms with Crippen LogP contribution in [0.4, 0.5) is 15.8 Å². The maximum Gasteiger partial charge on any atom is 0.285 e. The van der Waals surface area contributed by atoms with Crippen molar-refractivity contribution in [3.63, 3.8) is 0 Å². The normalized spacial score (nSPS) is 11.8. The van der Waals surface area contributed by atoms with Crippen LogP contribution in [0.15, 0.2) is 12.1 Å². The minimum Gasteiger partial charge on any atom is -0.386 e. The summed E-state index contributed by atoms with van der Waals surface area (Å²) in [5.41, 5.74) is -0.642. The summed E-state index contributed by atoms with van der Waals surface area (Å²) in [6.07, 6.45) is 2.62. The van der Waals surface area contributed by atoms with Crippen molar-refractivity contribution < 1.29 is 14.1 Å². The summed E-state index contributed by atoms with van der Waals surface area (Å²) < 4.78 is 13.6. The predicted molar refractivity (Wildman–Crippen MR) is 82.5 cm³/mol. The molecular weight excluding hydrogens is 297 g/mol. The minimum atomic E-state index is -0.767. The molecule has 0 aliphatic carbocycles. The fourth-order valence-electron chi connectivity index (χ4n) is 1.81. The van der Waals surface area contributed by atoms with Gasteiger partial charge in [0.2, 0.25) is 0 Å². The molecule has 1 aromatic rings. The van der Waals surface area contributed by atoms with Crippen LogP contribution in [0.25, 0.3) is 0 Å². The molecule has 2 N–H and O–H groups in total. The number of nitro groups is 1. The zero-order chi connectivity index (χ0) is 16.0. The molecule has 0 spiro atoms. The van der Waals surface area contributed by atoms with Gasteiger partial charge in [0.15, 0.2) is 5.82 Å². The minimum absolute atomic E-state index is 0.0451. The zero-order valence-corrected chi connectivity index (χ0v) is 12.9. The number of carbonyl (C=O) groups excluding carboxylic acids is 1. The van der Waals surface area contributed by atoms with E-state index < -0.39 is 22.3 Å². The second-order valence-corrected chi connectivity index (χ2v) is 5.30. The van der Waals surface area contributed by atoms with Crippen molar-refractivity contribution in [2.75, 3.05) is 24.4 Å². The SMILES string of the molecule is CCC(CSC)NC(=O)c1cc(NC)c(F)cc1[N+](=O)[O-]. The molecule has 0 heterocycles. The molecule has 0 aromatic heterocycles. The van der Waals surface area contributed by atoms with Gasteiger partial charge in [-0.2, -0.15) is 11.8 Å². The Bertz CT molecular complexity index is 540. The van der Waals surface area contributed by atoms with Crippen LogP contribution >= 0.6 is 11.8 Å². The van der Waals surface area contributed by atoms with E-state index in [1.54, 1.807) is 11.8 Å². The number of thioether (sulfide) groups is 1. The Hall–Kier alpha value is -1.83. The molecule has 1 unspecified atom stereocenters. The predicted octanol–water partition coefficient (Wildman–Crippen LogP) is 2.65. The highest BCUT2D eigenvalue weighted by Gasteiger charge is 2.24. The molecule has 0 saturated carbocycles. The highest BCUT2D eigenvalue weighted by molar-refractivity contribution is 7.98. The first-order valence-corrected chi connectivity index (χ1v) is 7.79. The molecule has 0 aliphatic heterocycles. The van der Waals surface area contributed by atoms with E-state index in [1.165, 1.54) is 7.05 Å². The summed E-state index contributed by atoms with van der Waals surface area (Å²) in [6, 6.07) is 1.83. The van der Waals surface area contributed by atoms with E-state index in [-0.39, 0.29) is 17.3 Å². The Balaban J connectivity index is 3.14. The number of hydrogen-bond acceptors (Lipinski definition) is 5. The monoisotopic (exact) mass is 315 g/mol. The van der Waals surface area contributed by atoms with Crippen molar-refractivity contribution in [2.45, 2.75) is 19.4 Å². The Morgan fingerprint density at radius 2 is 2.19 bits per heavy atom. The highest BCUT2D eigenvalue weighted by atomic mass is 32.2. The maximum absolute atomic E-state index is 13.6. The fourth-order valence-corrected chi connectivity index (χ4v) is 2.53. The van der Waals surface area contributed by atoms with E-state index in [9.17, 15) is 19.3 Å². The first-order valence-electron chi connectivity index (χ1n) is 6.40. The summed E-state index contributed by atoms with van der Waals surface area (Å²) in [6.45, 7) is 1.92. The van der Waals surface area contributed by atoms with Crippen LogP contribution in [0.5, 0.6) is 0 Å². The standard InChI is InChI=1S/C13H18FN3O3S/c1-4-8(7-21-3)16-13(18)9-5-11(15-2)10(14)6-12(9)17(19)20/h5-6,8,15H,4,7H2,1-3H3,(H,16,18). The molecule has 0 radical (unpaired) electrons. The molecule has 116 valence electrons. The van der Waals surface area contributed by atoms with Gasteiger partial charge in [0.05, 0.1) is 16.7 Å². The van der Waals surface area contributed by atoms with Crippen molar-refractivity contribution in [1.82, 2.24) is 5.32 Å². The average molecular weight is 315 g/mol. The Morgan fingerprint density at radius 3 is 2.67 bits per heavy atom. The molecule has 0 saturated heterocycles. The lowest BCUT2D eigenvalue weighted by Gasteiger charge is -2.16. The molecule has 6 nitrogen and oxygen atoms in total. The number of rotatable bonds is 7. The number of halogens is 1. The Morgan fingerprint density at radius 1 is 1.52 bits per heavy atom.